The van der Waals surface area contributed by atoms with Crippen LogP contribution < -0.4 is 5.73 Å². The average molecular weight is 283 g/mol. The van der Waals surface area contributed by atoms with Crippen LogP contribution >= 0.6 is 0 Å². The lowest BCUT2D eigenvalue weighted by Crippen LogP contribution is -2.28. The highest BCUT2D eigenvalue weighted by Gasteiger charge is 2.13. The Kier molecular flexibility index (Phi) is 4.75. The number of hydrogen-bond acceptors (Lipinski definition) is 5. The van der Waals surface area contributed by atoms with Crippen LogP contribution in [0.15, 0.2) is 22.7 Å². The number of ether oxygens (including phenoxy) is 1. The second-order valence-electron chi connectivity index (χ2n) is 4.44. The zero-order valence-corrected chi connectivity index (χ0v) is 11.0. The monoisotopic (exact) mass is 283 g/mol. The van der Waals surface area contributed by atoms with E-state index >= 15 is 0 Å². The van der Waals surface area contributed by atoms with Crippen LogP contribution in [0.5, 0.6) is 0 Å². The molecule has 7 heteroatoms. The van der Waals surface area contributed by atoms with Crippen molar-refractivity contribution in [3.8, 4) is 0 Å². The van der Waals surface area contributed by atoms with Crippen LogP contribution in [0.25, 0.3) is 0 Å². The Balaban J connectivity index is 2.02. The van der Waals surface area contributed by atoms with Crippen LogP contribution in [-0.4, -0.2) is 29.9 Å². The molecule has 5 nitrogen and oxygen atoms in total. The molecule has 1 aromatic heterocycles. The topological polar surface area (TPSA) is 74.2 Å². The third kappa shape index (κ3) is 3.82. The molecule has 0 saturated heterocycles. The summed E-state index contributed by atoms with van der Waals surface area (Å²) in [5, 5.41) is 3.75. The molecule has 0 aliphatic heterocycles. The van der Waals surface area contributed by atoms with Crippen molar-refractivity contribution in [3.63, 3.8) is 0 Å². The molecule has 1 heterocycles. The van der Waals surface area contributed by atoms with Crippen molar-refractivity contribution in [3.05, 3.63) is 47.1 Å². The highest BCUT2D eigenvalue weighted by atomic mass is 19.1. The molecule has 20 heavy (non-hydrogen) atoms. The first-order valence-electron chi connectivity index (χ1n) is 6.08. The number of halogens is 2. The molecule has 0 saturated carbocycles. The van der Waals surface area contributed by atoms with Gasteiger partial charge in [0, 0.05) is 32.1 Å². The van der Waals surface area contributed by atoms with E-state index in [1.807, 2.05) is 0 Å². The lowest BCUT2D eigenvalue weighted by molar-refractivity contribution is 0.176. The van der Waals surface area contributed by atoms with E-state index in [0.29, 0.717) is 30.3 Å². The number of methoxy groups -OCH3 is 1. The van der Waals surface area contributed by atoms with E-state index in [4.69, 9.17) is 15.0 Å². The Labute approximate surface area is 114 Å². The van der Waals surface area contributed by atoms with Gasteiger partial charge >= 0.3 is 0 Å². The third-order valence-corrected chi connectivity index (χ3v) is 2.69. The summed E-state index contributed by atoms with van der Waals surface area (Å²) in [6.07, 6.45) is 0.516. The largest absolute Gasteiger partial charge is 0.383 e. The first-order valence-corrected chi connectivity index (χ1v) is 6.08. The van der Waals surface area contributed by atoms with E-state index in [0.717, 1.165) is 6.07 Å². The van der Waals surface area contributed by atoms with Crippen molar-refractivity contribution in [1.82, 2.24) is 10.1 Å². The summed E-state index contributed by atoms with van der Waals surface area (Å²) in [6.45, 7) is 0.379. The van der Waals surface area contributed by atoms with Gasteiger partial charge < -0.3 is 15.0 Å². The van der Waals surface area contributed by atoms with Crippen molar-refractivity contribution < 1.29 is 18.0 Å². The zero-order chi connectivity index (χ0) is 14.5. The summed E-state index contributed by atoms with van der Waals surface area (Å²) >= 11 is 0. The minimum absolute atomic E-state index is 0.134. The van der Waals surface area contributed by atoms with Gasteiger partial charge in [0.05, 0.1) is 6.61 Å². The van der Waals surface area contributed by atoms with Crippen LogP contribution in [0.3, 0.4) is 0 Å². The lowest BCUT2D eigenvalue weighted by atomic mass is 10.1. The van der Waals surface area contributed by atoms with Crippen molar-refractivity contribution in [2.45, 2.75) is 18.9 Å². The van der Waals surface area contributed by atoms with Crippen LogP contribution in [0.2, 0.25) is 0 Å². The van der Waals surface area contributed by atoms with Gasteiger partial charge in [0.25, 0.3) is 0 Å². The number of hydrogen-bond donors (Lipinski definition) is 1. The fraction of sp³-hybridized carbons (Fsp3) is 0.385. The predicted octanol–water partition coefficient (Wildman–Crippen LogP) is 1.45. The molecule has 2 aromatic rings. The second-order valence-corrected chi connectivity index (χ2v) is 4.44. The van der Waals surface area contributed by atoms with Crippen molar-refractivity contribution in [2.24, 2.45) is 5.73 Å². The maximum Gasteiger partial charge on any atom is 0.228 e. The summed E-state index contributed by atoms with van der Waals surface area (Å²) in [5.41, 5.74) is 6.07. The molecule has 0 spiro atoms. The van der Waals surface area contributed by atoms with E-state index in [-0.39, 0.29) is 12.5 Å². The second kappa shape index (κ2) is 6.53. The number of nitrogens with zero attached hydrogens (tertiary/aromatic N) is 2. The van der Waals surface area contributed by atoms with E-state index in [2.05, 4.69) is 10.1 Å². The molecule has 0 aliphatic carbocycles. The summed E-state index contributed by atoms with van der Waals surface area (Å²) in [6, 6.07) is 3.13. The third-order valence-electron chi connectivity index (χ3n) is 2.69. The van der Waals surface area contributed by atoms with Gasteiger partial charge in [-0.25, -0.2) is 8.78 Å². The van der Waals surface area contributed by atoms with Gasteiger partial charge in [0.15, 0.2) is 5.82 Å². The van der Waals surface area contributed by atoms with Crippen LogP contribution in [0.1, 0.15) is 17.3 Å². The molecule has 0 fully saturated rings. The van der Waals surface area contributed by atoms with Gasteiger partial charge in [-0.3, -0.25) is 0 Å². The average Bonchev–Trinajstić information content (AvgIpc) is 2.80. The summed E-state index contributed by atoms with van der Waals surface area (Å²) < 4.78 is 36.2. The van der Waals surface area contributed by atoms with Crippen LogP contribution in [0, 0.1) is 11.6 Å². The molecule has 0 amide bonds. The van der Waals surface area contributed by atoms with Crippen molar-refractivity contribution >= 4 is 0 Å². The molecule has 1 atom stereocenters. The van der Waals surface area contributed by atoms with Crippen LogP contribution in [0.4, 0.5) is 8.78 Å². The number of aromatic nitrogens is 2. The molecule has 0 bridgehead atoms. The Hall–Kier alpha value is -1.86. The molecule has 0 aliphatic rings. The van der Waals surface area contributed by atoms with E-state index in [1.165, 1.54) is 12.1 Å². The first-order chi connectivity index (χ1) is 9.58. The van der Waals surface area contributed by atoms with Crippen LogP contribution in [-0.2, 0) is 17.6 Å². The maximum absolute atomic E-state index is 13.5. The minimum Gasteiger partial charge on any atom is -0.383 e. The maximum atomic E-state index is 13.5. The fourth-order valence-corrected chi connectivity index (χ4v) is 1.78. The minimum atomic E-state index is -0.632. The Bertz CT molecular complexity index is 574. The quantitative estimate of drug-likeness (QED) is 0.868. The molecule has 1 unspecified atom stereocenters. The first kappa shape index (κ1) is 14.5. The molecule has 1 aromatic carbocycles. The lowest BCUT2D eigenvalue weighted by Gasteiger charge is -2.05. The van der Waals surface area contributed by atoms with E-state index < -0.39 is 11.6 Å². The fourth-order valence-electron chi connectivity index (χ4n) is 1.78. The Morgan fingerprint density at radius 3 is 2.90 bits per heavy atom. The van der Waals surface area contributed by atoms with E-state index in [1.54, 1.807) is 7.11 Å². The zero-order valence-electron chi connectivity index (χ0n) is 11.0. The summed E-state index contributed by atoms with van der Waals surface area (Å²) in [4.78, 5) is 4.12. The Morgan fingerprint density at radius 2 is 2.20 bits per heavy atom. The molecule has 2 rings (SSSR count). The van der Waals surface area contributed by atoms with Crippen molar-refractivity contribution in [2.75, 3.05) is 13.7 Å². The predicted molar refractivity (Wildman–Crippen MR) is 67.0 cm³/mol. The van der Waals surface area contributed by atoms with Gasteiger partial charge in [-0.2, -0.15) is 4.98 Å². The van der Waals surface area contributed by atoms with Gasteiger partial charge in [-0.05, 0) is 11.6 Å². The van der Waals surface area contributed by atoms with Crippen molar-refractivity contribution in [1.29, 1.82) is 0 Å². The Morgan fingerprint density at radius 1 is 1.40 bits per heavy atom. The highest BCUT2D eigenvalue weighted by molar-refractivity contribution is 5.21. The summed E-state index contributed by atoms with van der Waals surface area (Å²) in [7, 11) is 1.55. The number of rotatable bonds is 6. The summed E-state index contributed by atoms with van der Waals surface area (Å²) in [5.74, 6) is -0.555. The smallest absolute Gasteiger partial charge is 0.228 e. The molecule has 2 N–H and O–H groups in total. The van der Waals surface area contributed by atoms with E-state index in [9.17, 15) is 8.78 Å². The molecular formula is C13H15F2N3O2. The normalized spacial score (nSPS) is 12.6. The van der Waals surface area contributed by atoms with Gasteiger partial charge in [-0.15, -0.1) is 0 Å². The molecular weight excluding hydrogens is 268 g/mol. The van der Waals surface area contributed by atoms with Gasteiger partial charge in [0.2, 0.25) is 5.89 Å². The molecule has 0 radical (unpaired) electrons. The standard InChI is InChI=1S/C13H15F2N3O2/c1-19-7-10(16)6-13-17-12(18-20-13)4-8-2-3-9(14)5-11(8)15/h2-3,5,10H,4,6-7,16H2,1H3. The number of benzene rings is 1. The SMILES string of the molecule is COCC(N)Cc1nc(Cc2ccc(F)cc2F)no1. The number of nitrogens with two attached hydrogens (primary N) is 1. The molecule has 108 valence electrons. The van der Waals surface area contributed by atoms with Gasteiger partial charge in [-0.1, -0.05) is 11.2 Å². The van der Waals surface area contributed by atoms with Gasteiger partial charge in [0.1, 0.15) is 11.6 Å². The highest BCUT2D eigenvalue weighted by Crippen LogP contribution is 2.13.